The SMILES string of the molecule is CCC(C)(C)C(NC)c1c(Br)cnn1CCN(C)C. The molecule has 110 valence electrons. The van der Waals surface area contributed by atoms with Crippen LogP contribution in [0.4, 0.5) is 0 Å². The molecule has 0 aliphatic rings. The zero-order valence-corrected chi connectivity index (χ0v) is 14.6. The lowest BCUT2D eigenvalue weighted by Gasteiger charge is -2.34. The molecule has 5 heteroatoms. The zero-order valence-electron chi connectivity index (χ0n) is 13.0. The molecule has 1 heterocycles. The van der Waals surface area contributed by atoms with E-state index in [1.807, 2.05) is 13.2 Å². The zero-order chi connectivity index (χ0) is 14.6. The van der Waals surface area contributed by atoms with Crippen LogP contribution in [0.2, 0.25) is 0 Å². The van der Waals surface area contributed by atoms with E-state index >= 15 is 0 Å². The summed E-state index contributed by atoms with van der Waals surface area (Å²) in [5.41, 5.74) is 1.43. The van der Waals surface area contributed by atoms with Gasteiger partial charge in [0.05, 0.1) is 29.0 Å². The van der Waals surface area contributed by atoms with Crippen molar-refractivity contribution in [3.05, 3.63) is 16.4 Å². The summed E-state index contributed by atoms with van der Waals surface area (Å²) >= 11 is 3.65. The standard InChI is InChI=1S/C14H27BrN4/c1-7-14(2,3)13(16-4)12-11(15)10-17-19(12)9-8-18(5)6/h10,13,16H,7-9H2,1-6H3. The van der Waals surface area contributed by atoms with Gasteiger partial charge in [-0.3, -0.25) is 4.68 Å². The molecule has 1 aromatic heterocycles. The van der Waals surface area contributed by atoms with Gasteiger partial charge in [-0.15, -0.1) is 0 Å². The number of likely N-dealkylation sites (N-methyl/N-ethyl adjacent to an activating group) is 1. The summed E-state index contributed by atoms with van der Waals surface area (Å²) in [6, 6.07) is 0.288. The van der Waals surface area contributed by atoms with Gasteiger partial charge < -0.3 is 10.2 Å². The third-order valence-electron chi connectivity index (χ3n) is 3.85. The highest BCUT2D eigenvalue weighted by atomic mass is 79.9. The van der Waals surface area contributed by atoms with Crippen molar-refractivity contribution in [3.8, 4) is 0 Å². The predicted molar refractivity (Wildman–Crippen MR) is 84.4 cm³/mol. The van der Waals surface area contributed by atoms with Gasteiger partial charge in [-0.05, 0) is 48.9 Å². The van der Waals surface area contributed by atoms with Gasteiger partial charge in [-0.2, -0.15) is 5.10 Å². The minimum absolute atomic E-state index is 0.188. The first-order chi connectivity index (χ1) is 8.83. The molecule has 0 aromatic carbocycles. The third-order valence-corrected chi connectivity index (χ3v) is 4.46. The van der Waals surface area contributed by atoms with Crippen LogP contribution >= 0.6 is 15.9 Å². The Kier molecular flexibility index (Phi) is 6.02. The maximum absolute atomic E-state index is 4.51. The second-order valence-electron chi connectivity index (χ2n) is 5.97. The predicted octanol–water partition coefficient (Wildman–Crippen LogP) is 2.90. The van der Waals surface area contributed by atoms with E-state index in [9.17, 15) is 0 Å². The minimum atomic E-state index is 0.188. The molecule has 19 heavy (non-hydrogen) atoms. The molecule has 4 nitrogen and oxygen atoms in total. The molecule has 0 aliphatic heterocycles. The Morgan fingerprint density at radius 2 is 2.11 bits per heavy atom. The van der Waals surface area contributed by atoms with Crippen molar-refractivity contribution in [2.45, 2.75) is 39.8 Å². The van der Waals surface area contributed by atoms with Crippen molar-refractivity contribution in [2.24, 2.45) is 5.41 Å². The highest BCUT2D eigenvalue weighted by Gasteiger charge is 2.32. The fourth-order valence-corrected chi connectivity index (χ4v) is 2.76. The summed E-state index contributed by atoms with van der Waals surface area (Å²) < 4.78 is 3.20. The number of hydrogen-bond donors (Lipinski definition) is 1. The molecule has 1 atom stereocenters. The summed E-state index contributed by atoms with van der Waals surface area (Å²) in [5.74, 6) is 0. The quantitative estimate of drug-likeness (QED) is 0.834. The van der Waals surface area contributed by atoms with Gasteiger partial charge in [0.15, 0.2) is 0 Å². The lowest BCUT2D eigenvalue weighted by Crippen LogP contribution is -2.34. The van der Waals surface area contributed by atoms with Gasteiger partial charge in [0, 0.05) is 6.54 Å². The van der Waals surface area contributed by atoms with Crippen molar-refractivity contribution in [1.82, 2.24) is 20.0 Å². The van der Waals surface area contributed by atoms with Crippen LogP contribution in [0.3, 0.4) is 0 Å². The van der Waals surface area contributed by atoms with E-state index in [-0.39, 0.29) is 11.5 Å². The molecule has 1 unspecified atom stereocenters. The molecule has 1 aromatic rings. The molecular formula is C14H27BrN4. The van der Waals surface area contributed by atoms with Gasteiger partial charge in [0.25, 0.3) is 0 Å². The van der Waals surface area contributed by atoms with E-state index in [4.69, 9.17) is 0 Å². The molecule has 1 rings (SSSR count). The van der Waals surface area contributed by atoms with E-state index in [0.29, 0.717) is 0 Å². The highest BCUT2D eigenvalue weighted by Crippen LogP contribution is 2.38. The number of halogens is 1. The van der Waals surface area contributed by atoms with Crippen LogP contribution in [0.15, 0.2) is 10.7 Å². The molecule has 0 saturated carbocycles. The Morgan fingerprint density at radius 1 is 1.47 bits per heavy atom. The fraction of sp³-hybridized carbons (Fsp3) is 0.786. The number of rotatable bonds is 7. The topological polar surface area (TPSA) is 33.1 Å². The summed E-state index contributed by atoms with van der Waals surface area (Å²) in [7, 11) is 6.20. The van der Waals surface area contributed by atoms with Crippen LogP contribution in [0.25, 0.3) is 0 Å². The van der Waals surface area contributed by atoms with Crippen molar-refractivity contribution in [1.29, 1.82) is 0 Å². The van der Waals surface area contributed by atoms with E-state index < -0.39 is 0 Å². The molecule has 0 spiro atoms. The van der Waals surface area contributed by atoms with Gasteiger partial charge in [-0.1, -0.05) is 20.8 Å². The Hall–Kier alpha value is -0.390. The second kappa shape index (κ2) is 6.86. The van der Waals surface area contributed by atoms with E-state index in [1.54, 1.807) is 0 Å². The smallest absolute Gasteiger partial charge is 0.0701 e. The summed E-state index contributed by atoms with van der Waals surface area (Å²) in [4.78, 5) is 2.18. The van der Waals surface area contributed by atoms with Crippen LogP contribution in [-0.4, -0.2) is 42.4 Å². The first-order valence-electron chi connectivity index (χ1n) is 6.86. The van der Waals surface area contributed by atoms with Crippen molar-refractivity contribution in [3.63, 3.8) is 0 Å². The summed E-state index contributed by atoms with van der Waals surface area (Å²) in [6.07, 6.45) is 3.02. The fourth-order valence-electron chi connectivity index (χ4n) is 2.23. The molecular weight excluding hydrogens is 304 g/mol. The molecule has 0 saturated heterocycles. The third kappa shape index (κ3) is 4.04. The summed E-state index contributed by atoms with van der Waals surface area (Å²) in [6.45, 7) is 8.72. The molecule has 0 fully saturated rings. The first-order valence-corrected chi connectivity index (χ1v) is 7.66. The van der Waals surface area contributed by atoms with E-state index in [2.05, 4.69) is 70.8 Å². The lowest BCUT2D eigenvalue weighted by atomic mass is 9.80. The van der Waals surface area contributed by atoms with Gasteiger partial charge in [-0.25, -0.2) is 0 Å². The van der Waals surface area contributed by atoms with Crippen LogP contribution in [0, 0.1) is 5.41 Å². The van der Waals surface area contributed by atoms with Gasteiger partial charge in [0.1, 0.15) is 0 Å². The Balaban J connectivity index is 3.06. The number of aromatic nitrogens is 2. The van der Waals surface area contributed by atoms with Crippen LogP contribution in [-0.2, 0) is 6.54 Å². The lowest BCUT2D eigenvalue weighted by molar-refractivity contribution is 0.230. The highest BCUT2D eigenvalue weighted by molar-refractivity contribution is 9.10. The largest absolute Gasteiger partial charge is 0.311 e. The average Bonchev–Trinajstić information content (AvgIpc) is 2.69. The van der Waals surface area contributed by atoms with Gasteiger partial charge >= 0.3 is 0 Å². The van der Waals surface area contributed by atoms with Crippen LogP contribution in [0.5, 0.6) is 0 Å². The number of hydrogen-bond acceptors (Lipinski definition) is 3. The maximum Gasteiger partial charge on any atom is 0.0701 e. The van der Waals surface area contributed by atoms with E-state index in [1.165, 1.54) is 5.69 Å². The van der Waals surface area contributed by atoms with Crippen LogP contribution in [0.1, 0.15) is 38.9 Å². The monoisotopic (exact) mass is 330 g/mol. The molecule has 0 bridgehead atoms. The Labute approximate surface area is 125 Å². The van der Waals surface area contributed by atoms with Crippen molar-refractivity contribution in [2.75, 3.05) is 27.7 Å². The summed E-state index contributed by atoms with van der Waals surface area (Å²) in [5, 5.41) is 7.97. The van der Waals surface area contributed by atoms with Crippen molar-refractivity contribution < 1.29 is 0 Å². The van der Waals surface area contributed by atoms with E-state index in [0.717, 1.165) is 24.0 Å². The Bertz CT molecular complexity index is 398. The molecule has 0 amide bonds. The van der Waals surface area contributed by atoms with Crippen LogP contribution < -0.4 is 5.32 Å². The second-order valence-corrected chi connectivity index (χ2v) is 6.82. The molecule has 0 aliphatic carbocycles. The number of nitrogens with one attached hydrogen (secondary N) is 1. The molecule has 1 N–H and O–H groups in total. The molecule has 0 radical (unpaired) electrons. The normalized spacial score (nSPS) is 14.1. The van der Waals surface area contributed by atoms with Gasteiger partial charge in [0.2, 0.25) is 0 Å². The minimum Gasteiger partial charge on any atom is -0.311 e. The maximum atomic E-state index is 4.51. The first kappa shape index (κ1) is 16.7. The number of nitrogens with zero attached hydrogens (tertiary/aromatic N) is 3. The van der Waals surface area contributed by atoms with Crippen molar-refractivity contribution >= 4 is 15.9 Å². The average molecular weight is 331 g/mol. The Morgan fingerprint density at radius 3 is 2.58 bits per heavy atom.